The summed E-state index contributed by atoms with van der Waals surface area (Å²) in [5.41, 5.74) is -0.157. The predicted molar refractivity (Wildman–Crippen MR) is 225 cm³/mol. The van der Waals surface area contributed by atoms with Crippen molar-refractivity contribution in [2.75, 3.05) is 64.3 Å². The van der Waals surface area contributed by atoms with Gasteiger partial charge in [-0.3, -0.25) is 53.9 Å². The molecule has 18 nitrogen and oxygen atoms in total. The number of nitro benzene ring substituents is 2. The number of rotatable bonds is 12. The van der Waals surface area contributed by atoms with Crippen molar-refractivity contribution >= 4 is 86.5 Å². The second kappa shape index (κ2) is 16.8. The highest BCUT2D eigenvalue weighted by molar-refractivity contribution is 6.36. The van der Waals surface area contributed by atoms with Crippen LogP contribution in [0, 0.1) is 20.2 Å². The van der Waals surface area contributed by atoms with Crippen molar-refractivity contribution in [3.63, 3.8) is 0 Å². The second-order valence-electron chi connectivity index (χ2n) is 14.7. The number of carbonyl (C=O) groups is 6. The molecule has 6 amide bonds. The molecule has 0 radical (unpaired) electrons. The van der Waals surface area contributed by atoms with Crippen LogP contribution >= 0.6 is 12.4 Å². The molecule has 1 fully saturated rings. The van der Waals surface area contributed by atoms with E-state index in [0.717, 1.165) is 15.9 Å². The molecule has 5 aromatic rings. The Morgan fingerprint density at radius 1 is 0.656 bits per heavy atom. The van der Waals surface area contributed by atoms with Crippen LogP contribution in [0.25, 0.3) is 21.5 Å². The van der Waals surface area contributed by atoms with Crippen LogP contribution in [0.1, 0.15) is 68.6 Å². The first-order chi connectivity index (χ1) is 28.8. The fraction of sp³-hybridized carbons (Fsp3) is 0.238. The third-order valence-electron chi connectivity index (χ3n) is 11.0. The van der Waals surface area contributed by atoms with Crippen LogP contribution in [0.2, 0.25) is 0 Å². The summed E-state index contributed by atoms with van der Waals surface area (Å²) in [5, 5.41) is 30.6. The van der Waals surface area contributed by atoms with Gasteiger partial charge >= 0.3 is 0 Å². The van der Waals surface area contributed by atoms with E-state index in [0.29, 0.717) is 55.3 Å². The number of nitro groups is 2. The minimum Gasteiger partial charge on any atom is -0.351 e. The number of nitrogens with zero attached hydrogens (tertiary/aromatic N) is 6. The Labute approximate surface area is 352 Å². The number of hydrogen-bond donors (Lipinski definition) is 2. The van der Waals surface area contributed by atoms with Crippen molar-refractivity contribution in [3.8, 4) is 0 Å². The van der Waals surface area contributed by atoms with E-state index in [4.69, 9.17) is 0 Å². The van der Waals surface area contributed by atoms with Gasteiger partial charge in [0, 0.05) is 103 Å². The maximum absolute atomic E-state index is 14.1. The predicted octanol–water partition coefficient (Wildman–Crippen LogP) is 4.43. The lowest BCUT2D eigenvalue weighted by molar-refractivity contribution is -0.384. The van der Waals surface area contributed by atoms with Crippen molar-refractivity contribution in [2.24, 2.45) is 0 Å². The van der Waals surface area contributed by atoms with E-state index in [-0.39, 0.29) is 87.9 Å². The highest BCUT2D eigenvalue weighted by Crippen LogP contribution is 2.37. The van der Waals surface area contributed by atoms with Gasteiger partial charge in [0.15, 0.2) is 0 Å². The summed E-state index contributed by atoms with van der Waals surface area (Å²) in [6.07, 6.45) is 0.337. The molecule has 312 valence electrons. The van der Waals surface area contributed by atoms with Crippen LogP contribution in [0.15, 0.2) is 78.9 Å². The first kappa shape index (κ1) is 42.0. The molecule has 0 unspecified atom stereocenters. The van der Waals surface area contributed by atoms with Gasteiger partial charge in [-0.15, -0.1) is 12.4 Å². The van der Waals surface area contributed by atoms with Crippen LogP contribution in [0.5, 0.6) is 0 Å². The number of piperazine rings is 1. The molecule has 2 N–H and O–H groups in total. The monoisotopic (exact) mass is 848 g/mol. The average Bonchev–Trinajstić information content (AvgIpc) is 3.24. The SMILES string of the molecule is CN1CCN(C(=O)c2cc(C(=O)NCCNCCCN3C(=O)c4cccc5cc([N+](=O)[O-])cc(c45)C3=O)cc(N3C(=O)c4cccc5cc([N+](=O)[O-])cc(c45)C3=O)c2)CC1.Cl. The number of amides is 6. The highest BCUT2D eigenvalue weighted by Gasteiger charge is 2.37. The number of hydrogen-bond acceptors (Lipinski definition) is 12. The number of nitrogens with one attached hydrogen (secondary N) is 2. The van der Waals surface area contributed by atoms with E-state index in [2.05, 4.69) is 15.5 Å². The summed E-state index contributed by atoms with van der Waals surface area (Å²) < 4.78 is 0. The minimum atomic E-state index is -0.845. The van der Waals surface area contributed by atoms with Crippen molar-refractivity contribution in [1.82, 2.24) is 25.3 Å². The van der Waals surface area contributed by atoms with Crippen LogP contribution in [0.3, 0.4) is 0 Å². The van der Waals surface area contributed by atoms with Gasteiger partial charge in [0.05, 0.1) is 26.7 Å². The summed E-state index contributed by atoms with van der Waals surface area (Å²) in [6.45, 7) is 2.81. The van der Waals surface area contributed by atoms with E-state index in [1.54, 1.807) is 35.2 Å². The number of likely N-dealkylation sites (N-methyl/N-ethyl adjacent to an activating group) is 1. The van der Waals surface area contributed by atoms with Crippen LogP contribution in [-0.4, -0.2) is 119 Å². The van der Waals surface area contributed by atoms with Crippen LogP contribution in [0.4, 0.5) is 17.1 Å². The Morgan fingerprint density at radius 3 is 1.80 bits per heavy atom. The Balaban J connectivity index is 0.00000561. The van der Waals surface area contributed by atoms with Gasteiger partial charge in [-0.25, -0.2) is 4.90 Å². The summed E-state index contributed by atoms with van der Waals surface area (Å²) in [7, 11) is 1.93. The van der Waals surface area contributed by atoms with Crippen molar-refractivity contribution in [2.45, 2.75) is 6.42 Å². The molecule has 3 aliphatic heterocycles. The molecule has 8 rings (SSSR count). The van der Waals surface area contributed by atoms with Crippen LogP contribution in [-0.2, 0) is 0 Å². The van der Waals surface area contributed by atoms with Gasteiger partial charge in [-0.2, -0.15) is 0 Å². The molecular formula is C42H37ClN8O10. The number of carbonyl (C=O) groups excluding carboxylic acids is 6. The third-order valence-corrected chi connectivity index (χ3v) is 11.0. The van der Waals surface area contributed by atoms with Crippen LogP contribution < -0.4 is 15.5 Å². The number of imide groups is 2. The lowest BCUT2D eigenvalue weighted by atomic mass is 9.92. The average molecular weight is 849 g/mol. The van der Waals surface area contributed by atoms with Gasteiger partial charge in [0.2, 0.25) is 0 Å². The Kier molecular flexibility index (Phi) is 11.6. The quantitative estimate of drug-likeness (QED) is 0.0770. The number of anilines is 1. The molecule has 3 heterocycles. The summed E-state index contributed by atoms with van der Waals surface area (Å²) in [4.78, 5) is 110. The topological polar surface area (TPSA) is 226 Å². The summed E-state index contributed by atoms with van der Waals surface area (Å²) in [6, 6.07) is 18.5. The van der Waals surface area contributed by atoms with Crippen molar-refractivity contribution < 1.29 is 38.6 Å². The maximum Gasteiger partial charge on any atom is 0.270 e. The standard InChI is InChI=1S/C42H36N8O10.ClH/c1-45-13-15-46(16-14-45)38(52)27-17-26(20-28(21-27)48-41(55)32-8-3-6-25-19-30(50(59)60)23-34(36(25)32)42(48)56)37(51)44-11-10-43-9-4-12-47-39(53)31-7-2-5-24-18-29(49(57)58)22-33(35(24)31)40(47)54;/h2-3,5-8,17-23,43H,4,9-16H2,1H3,(H,44,51);1H. The zero-order valence-corrected chi connectivity index (χ0v) is 33.4. The molecule has 0 aliphatic carbocycles. The van der Waals surface area contributed by atoms with E-state index >= 15 is 0 Å². The minimum absolute atomic E-state index is 0. The van der Waals surface area contributed by atoms with Gasteiger partial charge < -0.3 is 20.4 Å². The molecule has 0 bridgehead atoms. The smallest absolute Gasteiger partial charge is 0.270 e. The first-order valence-corrected chi connectivity index (χ1v) is 19.1. The van der Waals surface area contributed by atoms with E-state index < -0.39 is 45.3 Å². The van der Waals surface area contributed by atoms with E-state index in [1.807, 2.05) is 7.05 Å². The van der Waals surface area contributed by atoms with Gasteiger partial charge in [0.1, 0.15) is 0 Å². The van der Waals surface area contributed by atoms with E-state index in [9.17, 15) is 49.0 Å². The number of non-ortho nitro benzene ring substituents is 2. The zero-order valence-electron chi connectivity index (χ0n) is 32.5. The molecule has 0 spiro atoms. The Bertz CT molecular complexity index is 2730. The number of benzene rings is 5. The van der Waals surface area contributed by atoms with Crippen molar-refractivity contribution in [1.29, 1.82) is 0 Å². The van der Waals surface area contributed by atoms with Crippen molar-refractivity contribution in [3.05, 3.63) is 132 Å². The molecule has 19 heteroatoms. The molecule has 0 saturated carbocycles. The molecule has 0 aromatic heterocycles. The molecule has 5 aromatic carbocycles. The van der Waals surface area contributed by atoms with E-state index in [1.165, 1.54) is 42.5 Å². The Hall–Kier alpha value is -7.15. The highest BCUT2D eigenvalue weighted by atomic mass is 35.5. The normalized spacial score (nSPS) is 15.0. The van der Waals surface area contributed by atoms with Gasteiger partial charge in [-0.1, -0.05) is 24.3 Å². The summed E-state index contributed by atoms with van der Waals surface area (Å²) >= 11 is 0. The third kappa shape index (κ3) is 7.74. The fourth-order valence-electron chi connectivity index (χ4n) is 7.92. The lowest BCUT2D eigenvalue weighted by Gasteiger charge is -2.33. The second-order valence-corrected chi connectivity index (χ2v) is 14.7. The molecule has 0 atom stereocenters. The maximum atomic E-state index is 14.1. The molecule has 3 aliphatic rings. The molecule has 1 saturated heterocycles. The van der Waals surface area contributed by atoms with Gasteiger partial charge in [-0.05, 0) is 61.1 Å². The largest absolute Gasteiger partial charge is 0.351 e. The lowest BCUT2D eigenvalue weighted by Crippen LogP contribution is -2.47. The van der Waals surface area contributed by atoms with Gasteiger partial charge in [0.25, 0.3) is 46.8 Å². The zero-order chi connectivity index (χ0) is 42.4. The number of halogens is 1. The molecular weight excluding hydrogens is 812 g/mol. The molecule has 61 heavy (non-hydrogen) atoms. The fourth-order valence-corrected chi connectivity index (χ4v) is 7.92. The first-order valence-electron chi connectivity index (χ1n) is 19.1. The Morgan fingerprint density at radius 2 is 1.20 bits per heavy atom. The summed E-state index contributed by atoms with van der Waals surface area (Å²) in [5.74, 6) is -3.69.